The number of hydrogen-bond acceptors (Lipinski definition) is 1. The number of halogens is 1. The summed E-state index contributed by atoms with van der Waals surface area (Å²) in [5.74, 6) is -0.522. The monoisotopic (exact) mass is 181 g/mol. The number of likely N-dealkylation sites (N-methyl/N-ethyl adjacent to an activating group) is 1. The Hall–Kier alpha value is -1.38. The summed E-state index contributed by atoms with van der Waals surface area (Å²) in [6.45, 7) is 0. The first-order chi connectivity index (χ1) is 6.13. The van der Waals surface area contributed by atoms with Gasteiger partial charge in [-0.1, -0.05) is 30.3 Å². The average molecular weight is 181 g/mol. The maximum Gasteiger partial charge on any atom is 0.261 e. The van der Waals surface area contributed by atoms with Gasteiger partial charge in [-0.15, -0.1) is 0 Å². The zero-order chi connectivity index (χ0) is 9.84. The highest BCUT2D eigenvalue weighted by Crippen LogP contribution is 2.18. The van der Waals surface area contributed by atoms with Crippen LogP contribution in [-0.2, 0) is 4.79 Å². The highest BCUT2D eigenvalue weighted by atomic mass is 19.1. The van der Waals surface area contributed by atoms with Gasteiger partial charge in [0, 0.05) is 14.1 Å². The zero-order valence-corrected chi connectivity index (χ0v) is 7.70. The van der Waals surface area contributed by atoms with E-state index in [1.54, 1.807) is 30.3 Å². The third kappa shape index (κ3) is 2.28. The van der Waals surface area contributed by atoms with Gasteiger partial charge >= 0.3 is 0 Å². The predicted molar refractivity (Wildman–Crippen MR) is 49.0 cm³/mol. The lowest BCUT2D eigenvalue weighted by Crippen LogP contribution is -2.25. The normalized spacial score (nSPS) is 12.2. The van der Waals surface area contributed by atoms with Crippen LogP contribution in [0.15, 0.2) is 30.3 Å². The lowest BCUT2D eigenvalue weighted by Gasteiger charge is -2.13. The van der Waals surface area contributed by atoms with Crippen LogP contribution in [0.2, 0.25) is 0 Å². The van der Waals surface area contributed by atoms with Gasteiger partial charge in [0.15, 0.2) is 0 Å². The van der Waals surface area contributed by atoms with E-state index in [9.17, 15) is 9.18 Å². The largest absolute Gasteiger partial charge is 0.346 e. The molecular weight excluding hydrogens is 169 g/mol. The minimum atomic E-state index is -1.55. The Bertz CT molecular complexity index is 284. The quantitative estimate of drug-likeness (QED) is 0.681. The Morgan fingerprint density at radius 1 is 1.31 bits per heavy atom. The van der Waals surface area contributed by atoms with Crippen molar-refractivity contribution >= 4 is 5.91 Å². The van der Waals surface area contributed by atoms with Gasteiger partial charge in [-0.2, -0.15) is 0 Å². The van der Waals surface area contributed by atoms with Gasteiger partial charge < -0.3 is 4.90 Å². The van der Waals surface area contributed by atoms with Crippen molar-refractivity contribution in [2.75, 3.05) is 14.1 Å². The molecule has 0 unspecified atom stereocenters. The number of hydrogen-bond donors (Lipinski definition) is 0. The van der Waals surface area contributed by atoms with Gasteiger partial charge in [-0.3, -0.25) is 4.79 Å². The Labute approximate surface area is 77.0 Å². The molecule has 1 aromatic carbocycles. The summed E-state index contributed by atoms with van der Waals surface area (Å²) in [7, 11) is 3.08. The number of rotatable bonds is 2. The summed E-state index contributed by atoms with van der Waals surface area (Å²) in [6.07, 6.45) is -1.55. The third-order valence-corrected chi connectivity index (χ3v) is 1.75. The van der Waals surface area contributed by atoms with Gasteiger partial charge in [0.2, 0.25) is 6.17 Å². The van der Waals surface area contributed by atoms with Crippen molar-refractivity contribution in [1.82, 2.24) is 4.90 Å². The number of benzene rings is 1. The van der Waals surface area contributed by atoms with E-state index in [1.807, 2.05) is 0 Å². The van der Waals surface area contributed by atoms with E-state index in [0.717, 1.165) is 0 Å². The van der Waals surface area contributed by atoms with E-state index in [1.165, 1.54) is 19.0 Å². The van der Waals surface area contributed by atoms with Gasteiger partial charge in [0.25, 0.3) is 5.91 Å². The summed E-state index contributed by atoms with van der Waals surface area (Å²) in [5.41, 5.74) is 0.404. The smallest absolute Gasteiger partial charge is 0.261 e. The lowest BCUT2D eigenvalue weighted by molar-refractivity contribution is -0.134. The molecule has 0 saturated carbocycles. The van der Waals surface area contributed by atoms with Crippen LogP contribution in [0, 0.1) is 0 Å². The standard InChI is InChI=1S/C10H12FNO/c1-12(2)10(13)9(11)8-6-4-3-5-7-8/h3-7,9H,1-2H3/t9-/m0/s1. The number of alkyl halides is 1. The minimum absolute atomic E-state index is 0.404. The van der Waals surface area contributed by atoms with Crippen molar-refractivity contribution in [2.24, 2.45) is 0 Å². The number of nitrogens with zero attached hydrogens (tertiary/aromatic N) is 1. The lowest BCUT2D eigenvalue weighted by atomic mass is 10.1. The predicted octanol–water partition coefficient (Wildman–Crippen LogP) is 1.79. The van der Waals surface area contributed by atoms with Gasteiger partial charge in [-0.25, -0.2) is 4.39 Å². The van der Waals surface area contributed by atoms with E-state index < -0.39 is 12.1 Å². The highest BCUT2D eigenvalue weighted by Gasteiger charge is 2.20. The van der Waals surface area contributed by atoms with Gasteiger partial charge in [0.05, 0.1) is 0 Å². The van der Waals surface area contributed by atoms with E-state index >= 15 is 0 Å². The van der Waals surface area contributed by atoms with Crippen molar-refractivity contribution < 1.29 is 9.18 Å². The fourth-order valence-electron chi connectivity index (χ4n) is 0.991. The van der Waals surface area contributed by atoms with Crippen LogP contribution in [0.25, 0.3) is 0 Å². The van der Waals surface area contributed by atoms with E-state index in [-0.39, 0.29) is 0 Å². The van der Waals surface area contributed by atoms with Crippen LogP contribution in [0.3, 0.4) is 0 Å². The summed E-state index contributed by atoms with van der Waals surface area (Å²) in [5, 5.41) is 0. The molecule has 0 N–H and O–H groups in total. The summed E-state index contributed by atoms with van der Waals surface area (Å²) in [6, 6.07) is 8.42. The Morgan fingerprint density at radius 2 is 1.85 bits per heavy atom. The second-order valence-corrected chi connectivity index (χ2v) is 3.01. The topological polar surface area (TPSA) is 20.3 Å². The fraction of sp³-hybridized carbons (Fsp3) is 0.300. The number of carbonyl (C=O) groups is 1. The van der Waals surface area contributed by atoms with Crippen molar-refractivity contribution in [2.45, 2.75) is 6.17 Å². The molecular formula is C10H12FNO. The summed E-state index contributed by atoms with van der Waals surface area (Å²) < 4.78 is 13.4. The Kier molecular flexibility index (Phi) is 3.01. The molecule has 0 saturated heterocycles. The molecule has 70 valence electrons. The van der Waals surface area contributed by atoms with Gasteiger partial charge in [0.1, 0.15) is 0 Å². The third-order valence-electron chi connectivity index (χ3n) is 1.75. The molecule has 13 heavy (non-hydrogen) atoms. The number of amides is 1. The molecule has 0 bridgehead atoms. The first kappa shape index (κ1) is 9.71. The minimum Gasteiger partial charge on any atom is -0.346 e. The molecule has 1 rings (SSSR count). The molecule has 0 aromatic heterocycles. The molecule has 0 spiro atoms. The maximum atomic E-state index is 13.4. The molecule has 0 heterocycles. The summed E-state index contributed by atoms with van der Waals surface area (Å²) >= 11 is 0. The van der Waals surface area contributed by atoms with Crippen LogP contribution in [0.1, 0.15) is 11.7 Å². The maximum absolute atomic E-state index is 13.4. The van der Waals surface area contributed by atoms with Crippen LogP contribution in [-0.4, -0.2) is 24.9 Å². The molecule has 0 aliphatic rings. The average Bonchev–Trinajstić information content (AvgIpc) is 2.17. The van der Waals surface area contributed by atoms with E-state index in [2.05, 4.69) is 0 Å². The second kappa shape index (κ2) is 4.03. The Morgan fingerprint density at radius 3 is 2.31 bits per heavy atom. The summed E-state index contributed by atoms with van der Waals surface area (Å²) in [4.78, 5) is 12.4. The molecule has 1 atom stereocenters. The van der Waals surface area contributed by atoms with E-state index in [0.29, 0.717) is 5.56 Å². The Balaban J connectivity index is 2.80. The molecule has 0 aliphatic carbocycles. The van der Waals surface area contributed by atoms with E-state index in [4.69, 9.17) is 0 Å². The van der Waals surface area contributed by atoms with Gasteiger partial charge in [-0.05, 0) is 5.56 Å². The highest BCUT2D eigenvalue weighted by molar-refractivity contribution is 5.81. The van der Waals surface area contributed by atoms with Crippen LogP contribution in [0.5, 0.6) is 0 Å². The second-order valence-electron chi connectivity index (χ2n) is 3.01. The molecule has 1 aromatic rings. The van der Waals surface area contributed by atoms with Crippen LogP contribution < -0.4 is 0 Å². The molecule has 1 amide bonds. The fourth-order valence-corrected chi connectivity index (χ4v) is 0.991. The molecule has 0 radical (unpaired) electrons. The molecule has 0 aliphatic heterocycles. The first-order valence-corrected chi connectivity index (χ1v) is 4.03. The first-order valence-electron chi connectivity index (χ1n) is 4.03. The molecule has 3 heteroatoms. The van der Waals surface area contributed by atoms with Crippen molar-refractivity contribution in [3.05, 3.63) is 35.9 Å². The SMILES string of the molecule is CN(C)C(=O)[C@@H](F)c1ccccc1. The zero-order valence-electron chi connectivity index (χ0n) is 7.70. The van der Waals surface area contributed by atoms with Crippen molar-refractivity contribution in [3.63, 3.8) is 0 Å². The molecule has 2 nitrogen and oxygen atoms in total. The van der Waals surface area contributed by atoms with Crippen molar-refractivity contribution in [1.29, 1.82) is 0 Å². The van der Waals surface area contributed by atoms with Crippen molar-refractivity contribution in [3.8, 4) is 0 Å². The van der Waals surface area contributed by atoms with Crippen LogP contribution >= 0.6 is 0 Å². The van der Waals surface area contributed by atoms with Crippen LogP contribution in [0.4, 0.5) is 4.39 Å². The molecule has 0 fully saturated rings. The number of carbonyl (C=O) groups excluding carboxylic acids is 1.